The molecule has 1 amide bonds. The summed E-state index contributed by atoms with van der Waals surface area (Å²) in [5, 5.41) is 11.0. The van der Waals surface area contributed by atoms with Gasteiger partial charge in [0.05, 0.1) is 13.0 Å². The number of esters is 1. The lowest BCUT2D eigenvalue weighted by molar-refractivity contribution is -0.164. The third-order valence-electron chi connectivity index (χ3n) is 1.75. The van der Waals surface area contributed by atoms with Crippen LogP contribution in [0.15, 0.2) is 0 Å². The molecule has 0 spiro atoms. The van der Waals surface area contributed by atoms with Crippen LogP contribution in [0.25, 0.3) is 0 Å². The molecular weight excluding hydrogens is 214 g/mol. The van der Waals surface area contributed by atoms with Crippen molar-refractivity contribution in [3.63, 3.8) is 0 Å². The Labute approximate surface area is 93.0 Å². The van der Waals surface area contributed by atoms with Crippen molar-refractivity contribution in [3.8, 4) is 12.3 Å². The molecule has 0 fully saturated rings. The minimum Gasteiger partial charge on any atom is -0.479 e. The average molecular weight is 227 g/mol. The van der Waals surface area contributed by atoms with Gasteiger partial charge >= 0.3 is 11.9 Å². The van der Waals surface area contributed by atoms with Crippen molar-refractivity contribution in [3.05, 3.63) is 0 Å². The van der Waals surface area contributed by atoms with E-state index in [1.54, 1.807) is 0 Å². The molecule has 0 aromatic heterocycles. The Hall–Kier alpha value is -2.03. The van der Waals surface area contributed by atoms with Crippen molar-refractivity contribution >= 4 is 17.8 Å². The number of hydrogen-bond acceptors (Lipinski definition) is 4. The van der Waals surface area contributed by atoms with E-state index < -0.39 is 29.8 Å². The van der Waals surface area contributed by atoms with Gasteiger partial charge in [-0.05, 0) is 6.92 Å². The quantitative estimate of drug-likeness (QED) is 0.376. The number of nitrogens with one attached hydrogen (secondary N) is 1. The van der Waals surface area contributed by atoms with Gasteiger partial charge < -0.3 is 15.2 Å². The zero-order valence-corrected chi connectivity index (χ0v) is 9.07. The van der Waals surface area contributed by atoms with Crippen molar-refractivity contribution in [1.82, 2.24) is 5.32 Å². The number of terminal acetylenes is 1. The van der Waals surface area contributed by atoms with Gasteiger partial charge in [-0.15, -0.1) is 12.3 Å². The van der Waals surface area contributed by atoms with E-state index in [0.29, 0.717) is 0 Å². The average Bonchev–Trinajstić information content (AvgIpc) is 2.16. The predicted octanol–water partition coefficient (Wildman–Crippen LogP) is -0.468. The highest BCUT2D eigenvalue weighted by molar-refractivity contribution is 6.07. The number of carboxylic acid groups (broad SMARTS) is 1. The highest BCUT2D eigenvalue weighted by atomic mass is 16.5. The maximum absolute atomic E-state index is 11.5. The fraction of sp³-hybridized carbons (Fsp3) is 0.500. The van der Waals surface area contributed by atoms with E-state index in [1.165, 1.54) is 6.92 Å². The monoisotopic (exact) mass is 227 g/mol. The van der Waals surface area contributed by atoms with Crippen LogP contribution in [0.1, 0.15) is 20.3 Å². The first kappa shape index (κ1) is 14.0. The van der Waals surface area contributed by atoms with E-state index in [1.807, 2.05) is 11.2 Å². The number of amides is 1. The number of carboxylic acids is 1. The van der Waals surface area contributed by atoms with Crippen LogP contribution < -0.4 is 5.32 Å². The Balaban J connectivity index is 5.25. The van der Waals surface area contributed by atoms with Gasteiger partial charge in [0, 0.05) is 6.92 Å². The lowest BCUT2D eigenvalue weighted by Gasteiger charge is -2.25. The molecule has 16 heavy (non-hydrogen) atoms. The van der Waals surface area contributed by atoms with E-state index in [4.69, 9.17) is 11.5 Å². The van der Waals surface area contributed by atoms with Crippen molar-refractivity contribution in [2.45, 2.75) is 25.8 Å². The maximum Gasteiger partial charge on any atom is 0.344 e. The molecule has 6 nitrogen and oxygen atoms in total. The molecule has 0 saturated carbocycles. The maximum atomic E-state index is 11.5. The lowest BCUT2D eigenvalue weighted by Crippen LogP contribution is -2.60. The predicted molar refractivity (Wildman–Crippen MR) is 54.3 cm³/mol. The summed E-state index contributed by atoms with van der Waals surface area (Å²) in [6.45, 7) is 2.61. The minimum absolute atomic E-state index is 0.00196. The molecular formula is C10H13NO5. The molecule has 0 saturated heterocycles. The Morgan fingerprint density at radius 2 is 2.06 bits per heavy atom. The lowest BCUT2D eigenvalue weighted by atomic mass is 9.95. The molecule has 0 aliphatic heterocycles. The molecule has 6 heteroatoms. The number of carbonyl (C=O) groups excluding carboxylic acids is 2. The molecule has 0 radical (unpaired) electrons. The molecule has 0 aliphatic carbocycles. The summed E-state index contributed by atoms with van der Waals surface area (Å²) in [6.07, 6.45) is 4.52. The molecule has 0 aromatic rings. The number of carbonyl (C=O) groups is 3. The van der Waals surface area contributed by atoms with Crippen LogP contribution in [0.5, 0.6) is 0 Å². The van der Waals surface area contributed by atoms with Crippen LogP contribution in [0, 0.1) is 12.3 Å². The van der Waals surface area contributed by atoms with Gasteiger partial charge in [-0.25, -0.2) is 9.59 Å². The third-order valence-corrected chi connectivity index (χ3v) is 1.75. The largest absolute Gasteiger partial charge is 0.479 e. The van der Waals surface area contributed by atoms with Crippen LogP contribution in [-0.2, 0) is 19.1 Å². The molecule has 1 atom stereocenters. The van der Waals surface area contributed by atoms with E-state index in [-0.39, 0.29) is 6.61 Å². The third kappa shape index (κ3) is 2.98. The second-order valence-electron chi connectivity index (χ2n) is 2.99. The highest BCUT2D eigenvalue weighted by Crippen LogP contribution is 2.13. The van der Waals surface area contributed by atoms with Crippen LogP contribution in [0.3, 0.4) is 0 Å². The Morgan fingerprint density at radius 3 is 2.38 bits per heavy atom. The van der Waals surface area contributed by atoms with E-state index in [2.05, 4.69) is 4.74 Å². The summed E-state index contributed by atoms with van der Waals surface area (Å²) in [6, 6.07) is 0. The summed E-state index contributed by atoms with van der Waals surface area (Å²) in [7, 11) is 0. The Morgan fingerprint density at radius 1 is 1.50 bits per heavy atom. The van der Waals surface area contributed by atoms with Crippen molar-refractivity contribution in [2.24, 2.45) is 0 Å². The summed E-state index contributed by atoms with van der Waals surface area (Å²) in [5.41, 5.74) is -2.20. The number of aliphatic carboxylic acids is 1. The Bertz CT molecular complexity index is 344. The van der Waals surface area contributed by atoms with Gasteiger partial charge in [0.25, 0.3) is 0 Å². The van der Waals surface area contributed by atoms with Crippen LogP contribution >= 0.6 is 0 Å². The molecule has 0 aliphatic rings. The van der Waals surface area contributed by atoms with Gasteiger partial charge in [-0.1, -0.05) is 0 Å². The van der Waals surface area contributed by atoms with Crippen molar-refractivity contribution < 1.29 is 24.2 Å². The molecule has 0 rings (SSSR count). The first-order chi connectivity index (χ1) is 7.40. The molecule has 0 heterocycles. The van der Waals surface area contributed by atoms with Gasteiger partial charge in [-0.2, -0.15) is 0 Å². The van der Waals surface area contributed by atoms with Crippen molar-refractivity contribution in [1.29, 1.82) is 0 Å². The van der Waals surface area contributed by atoms with E-state index in [0.717, 1.165) is 6.92 Å². The normalized spacial score (nSPS) is 13.1. The van der Waals surface area contributed by atoms with Crippen LogP contribution in [0.2, 0.25) is 0 Å². The summed E-state index contributed by atoms with van der Waals surface area (Å²) in [5.74, 6) is -1.25. The van der Waals surface area contributed by atoms with Gasteiger partial charge in [-0.3, -0.25) is 4.79 Å². The molecule has 0 aromatic carbocycles. The smallest absolute Gasteiger partial charge is 0.344 e. The van der Waals surface area contributed by atoms with Gasteiger partial charge in [0.15, 0.2) is 0 Å². The molecule has 88 valence electrons. The fourth-order valence-corrected chi connectivity index (χ4v) is 1.09. The summed E-state index contributed by atoms with van der Waals surface area (Å²) >= 11 is 0. The first-order valence-electron chi connectivity index (χ1n) is 4.53. The number of hydrogen-bond donors (Lipinski definition) is 2. The number of rotatable bonds is 5. The molecule has 0 bridgehead atoms. The van der Waals surface area contributed by atoms with Crippen LogP contribution in [-0.4, -0.2) is 35.1 Å². The second-order valence-corrected chi connectivity index (χ2v) is 2.99. The molecule has 2 N–H and O–H groups in total. The zero-order valence-electron chi connectivity index (χ0n) is 9.07. The van der Waals surface area contributed by atoms with Gasteiger partial charge in [0.1, 0.15) is 0 Å². The Kier molecular flexibility index (Phi) is 5.02. The molecule has 1 unspecified atom stereocenters. The topological polar surface area (TPSA) is 92.7 Å². The van der Waals surface area contributed by atoms with Crippen molar-refractivity contribution in [2.75, 3.05) is 6.61 Å². The standard InChI is InChI=1S/C10H13NO5/c1-4-6-10(8(13)14,11-7(3)12)9(15)16-5-2/h1H,5-6H2,2-3H3,(H,11,12)(H,13,14). The highest BCUT2D eigenvalue weighted by Gasteiger charge is 2.48. The van der Waals surface area contributed by atoms with E-state index in [9.17, 15) is 14.4 Å². The van der Waals surface area contributed by atoms with Crippen LogP contribution in [0.4, 0.5) is 0 Å². The summed E-state index contributed by atoms with van der Waals surface area (Å²) in [4.78, 5) is 33.5. The van der Waals surface area contributed by atoms with Gasteiger partial charge in [0.2, 0.25) is 11.4 Å². The van der Waals surface area contributed by atoms with E-state index >= 15 is 0 Å². The second kappa shape index (κ2) is 5.75. The summed E-state index contributed by atoms with van der Waals surface area (Å²) < 4.78 is 4.59. The minimum atomic E-state index is -2.20. The number of ether oxygens (including phenoxy) is 1. The fourth-order valence-electron chi connectivity index (χ4n) is 1.09. The first-order valence-corrected chi connectivity index (χ1v) is 4.53. The SMILES string of the molecule is C#CCC(NC(C)=O)(C(=O)O)C(=O)OCC. The zero-order chi connectivity index (χ0) is 12.8.